The van der Waals surface area contributed by atoms with Crippen molar-refractivity contribution in [1.29, 1.82) is 0 Å². The highest BCUT2D eigenvalue weighted by atomic mass is 15.1. The van der Waals surface area contributed by atoms with Crippen molar-refractivity contribution in [3.8, 4) is 11.4 Å². The molecule has 3 unspecified atom stereocenters. The van der Waals surface area contributed by atoms with Crippen molar-refractivity contribution in [2.45, 2.75) is 38.3 Å². The third-order valence-electron chi connectivity index (χ3n) is 4.51. The van der Waals surface area contributed by atoms with E-state index in [0.717, 1.165) is 11.7 Å². The number of imidazole rings is 1. The van der Waals surface area contributed by atoms with Crippen LogP contribution in [0.2, 0.25) is 0 Å². The van der Waals surface area contributed by atoms with E-state index >= 15 is 0 Å². The van der Waals surface area contributed by atoms with E-state index in [-0.39, 0.29) is 0 Å². The minimum absolute atomic E-state index is 0.501. The number of hydrogen-bond donors (Lipinski definition) is 1. The number of nitrogens with one attached hydrogen (secondary N) is 1. The van der Waals surface area contributed by atoms with Crippen LogP contribution in [0.3, 0.4) is 0 Å². The van der Waals surface area contributed by atoms with Gasteiger partial charge >= 0.3 is 0 Å². The smallest absolute Gasteiger partial charge is 0.140 e. The predicted molar refractivity (Wildman–Crippen MR) is 82.6 cm³/mol. The molecule has 1 aliphatic carbocycles. The molecule has 1 fully saturated rings. The Kier molecular flexibility index (Phi) is 3.88. The Morgan fingerprint density at radius 2 is 2.00 bits per heavy atom. The van der Waals surface area contributed by atoms with Crippen molar-refractivity contribution in [2.75, 3.05) is 7.05 Å². The molecule has 3 rings (SSSR count). The van der Waals surface area contributed by atoms with Crippen molar-refractivity contribution in [3.63, 3.8) is 0 Å². The summed E-state index contributed by atoms with van der Waals surface area (Å²) in [7, 11) is 2.08. The van der Waals surface area contributed by atoms with Crippen LogP contribution in [0.1, 0.15) is 32.2 Å². The summed E-state index contributed by atoms with van der Waals surface area (Å²) >= 11 is 0. The van der Waals surface area contributed by atoms with Crippen LogP contribution < -0.4 is 5.32 Å². The van der Waals surface area contributed by atoms with Gasteiger partial charge < -0.3 is 9.88 Å². The second kappa shape index (κ2) is 5.80. The van der Waals surface area contributed by atoms with Crippen LogP contribution in [0.4, 0.5) is 0 Å². The molecule has 1 aromatic heterocycles. The van der Waals surface area contributed by atoms with Crippen molar-refractivity contribution in [2.24, 2.45) is 5.92 Å². The van der Waals surface area contributed by atoms with E-state index in [4.69, 9.17) is 0 Å². The fourth-order valence-corrected chi connectivity index (χ4v) is 3.39. The van der Waals surface area contributed by atoms with Gasteiger partial charge in [-0.25, -0.2) is 4.98 Å². The van der Waals surface area contributed by atoms with Crippen molar-refractivity contribution >= 4 is 0 Å². The van der Waals surface area contributed by atoms with Crippen LogP contribution in [-0.4, -0.2) is 22.6 Å². The minimum Gasteiger partial charge on any atom is -0.326 e. The Bertz CT molecular complexity index is 546. The molecular formula is C17H23N3. The predicted octanol–water partition coefficient (Wildman–Crippen LogP) is 3.50. The molecule has 0 radical (unpaired) electrons. The van der Waals surface area contributed by atoms with Gasteiger partial charge in [-0.05, 0) is 32.2 Å². The average molecular weight is 269 g/mol. The highest BCUT2D eigenvalue weighted by molar-refractivity contribution is 5.55. The van der Waals surface area contributed by atoms with Gasteiger partial charge in [-0.2, -0.15) is 0 Å². The molecule has 1 saturated carbocycles. The highest BCUT2D eigenvalue weighted by Crippen LogP contribution is 2.35. The lowest BCUT2D eigenvalue weighted by atomic mass is 9.83. The quantitative estimate of drug-likeness (QED) is 0.924. The van der Waals surface area contributed by atoms with E-state index in [2.05, 4.69) is 65.4 Å². The molecule has 0 saturated heterocycles. The monoisotopic (exact) mass is 269 g/mol. The molecule has 1 heterocycles. The van der Waals surface area contributed by atoms with Gasteiger partial charge in [-0.15, -0.1) is 0 Å². The Morgan fingerprint density at radius 3 is 2.75 bits per heavy atom. The highest BCUT2D eigenvalue weighted by Gasteiger charge is 2.30. The Balaban J connectivity index is 1.96. The molecule has 3 heteroatoms. The molecular weight excluding hydrogens is 246 g/mol. The molecule has 20 heavy (non-hydrogen) atoms. The molecule has 0 aliphatic heterocycles. The Morgan fingerprint density at radius 1 is 1.20 bits per heavy atom. The van der Waals surface area contributed by atoms with Crippen LogP contribution >= 0.6 is 0 Å². The van der Waals surface area contributed by atoms with E-state index in [1.165, 1.54) is 24.8 Å². The number of rotatable bonds is 3. The third-order valence-corrected chi connectivity index (χ3v) is 4.51. The molecule has 1 aliphatic rings. The molecule has 106 valence electrons. The van der Waals surface area contributed by atoms with E-state index in [0.29, 0.717) is 12.1 Å². The second-order valence-corrected chi connectivity index (χ2v) is 5.90. The van der Waals surface area contributed by atoms with Crippen molar-refractivity contribution in [3.05, 3.63) is 42.7 Å². The average Bonchev–Trinajstić information content (AvgIpc) is 2.97. The fraction of sp³-hybridized carbons (Fsp3) is 0.471. The van der Waals surface area contributed by atoms with Gasteiger partial charge in [-0.3, -0.25) is 0 Å². The zero-order valence-electron chi connectivity index (χ0n) is 12.3. The van der Waals surface area contributed by atoms with E-state index in [9.17, 15) is 0 Å². The SMILES string of the molecule is CNC1CCC(C)CC1n1ccnc1-c1ccccc1. The lowest BCUT2D eigenvalue weighted by molar-refractivity contribution is 0.225. The minimum atomic E-state index is 0.501. The molecule has 1 N–H and O–H groups in total. The number of benzene rings is 1. The van der Waals surface area contributed by atoms with Gasteiger partial charge in [0, 0.05) is 24.0 Å². The maximum absolute atomic E-state index is 4.59. The fourth-order valence-electron chi connectivity index (χ4n) is 3.39. The maximum atomic E-state index is 4.59. The summed E-state index contributed by atoms with van der Waals surface area (Å²) in [5, 5.41) is 3.49. The van der Waals surface area contributed by atoms with Crippen LogP contribution in [-0.2, 0) is 0 Å². The number of aromatic nitrogens is 2. The number of nitrogens with zero attached hydrogens (tertiary/aromatic N) is 2. The Labute approximate surface area is 121 Å². The van der Waals surface area contributed by atoms with Gasteiger partial charge in [0.1, 0.15) is 5.82 Å². The summed E-state index contributed by atoms with van der Waals surface area (Å²) < 4.78 is 2.37. The van der Waals surface area contributed by atoms with Crippen LogP contribution in [0, 0.1) is 5.92 Å². The summed E-state index contributed by atoms with van der Waals surface area (Å²) in [6.07, 6.45) is 7.84. The first kappa shape index (κ1) is 13.4. The maximum Gasteiger partial charge on any atom is 0.140 e. The summed E-state index contributed by atoms with van der Waals surface area (Å²) in [6, 6.07) is 11.5. The van der Waals surface area contributed by atoms with Gasteiger partial charge in [0.15, 0.2) is 0 Å². The molecule has 0 amide bonds. The van der Waals surface area contributed by atoms with E-state index < -0.39 is 0 Å². The largest absolute Gasteiger partial charge is 0.326 e. The Hall–Kier alpha value is -1.61. The van der Waals surface area contributed by atoms with Crippen molar-refractivity contribution in [1.82, 2.24) is 14.9 Å². The molecule has 3 atom stereocenters. The molecule has 1 aromatic carbocycles. The first-order chi connectivity index (χ1) is 9.79. The third kappa shape index (κ3) is 2.50. The number of likely N-dealkylation sites (N-methyl/N-ethyl adjacent to an activating group) is 1. The zero-order valence-corrected chi connectivity index (χ0v) is 12.3. The topological polar surface area (TPSA) is 29.9 Å². The van der Waals surface area contributed by atoms with Gasteiger partial charge in [0.05, 0.1) is 6.04 Å². The van der Waals surface area contributed by atoms with Crippen LogP contribution in [0.5, 0.6) is 0 Å². The summed E-state index contributed by atoms with van der Waals surface area (Å²) in [5.74, 6) is 1.88. The van der Waals surface area contributed by atoms with Crippen LogP contribution in [0.25, 0.3) is 11.4 Å². The molecule has 3 nitrogen and oxygen atoms in total. The van der Waals surface area contributed by atoms with Gasteiger partial charge in [0.2, 0.25) is 0 Å². The zero-order chi connectivity index (χ0) is 13.9. The lowest BCUT2D eigenvalue weighted by Gasteiger charge is -2.36. The molecule has 0 bridgehead atoms. The van der Waals surface area contributed by atoms with Crippen LogP contribution in [0.15, 0.2) is 42.7 Å². The summed E-state index contributed by atoms with van der Waals surface area (Å²) in [5.41, 5.74) is 1.20. The van der Waals surface area contributed by atoms with E-state index in [1.807, 2.05) is 6.20 Å². The number of hydrogen-bond acceptors (Lipinski definition) is 2. The normalized spacial score (nSPS) is 26.6. The van der Waals surface area contributed by atoms with Gasteiger partial charge in [-0.1, -0.05) is 37.3 Å². The van der Waals surface area contributed by atoms with Gasteiger partial charge in [0.25, 0.3) is 0 Å². The first-order valence-electron chi connectivity index (χ1n) is 7.55. The summed E-state index contributed by atoms with van der Waals surface area (Å²) in [6.45, 7) is 2.36. The molecule has 0 spiro atoms. The second-order valence-electron chi connectivity index (χ2n) is 5.90. The molecule has 2 aromatic rings. The first-order valence-corrected chi connectivity index (χ1v) is 7.55. The lowest BCUT2D eigenvalue weighted by Crippen LogP contribution is -2.39. The van der Waals surface area contributed by atoms with E-state index in [1.54, 1.807) is 0 Å². The summed E-state index contributed by atoms with van der Waals surface area (Å²) in [4.78, 5) is 4.59. The van der Waals surface area contributed by atoms with Crippen molar-refractivity contribution < 1.29 is 0 Å². The standard InChI is InChI=1S/C17H23N3/c1-13-8-9-15(18-2)16(12-13)20-11-10-19-17(20)14-6-4-3-5-7-14/h3-7,10-11,13,15-16,18H,8-9,12H2,1-2H3.